The maximum atomic E-state index is 5.58. The highest BCUT2D eigenvalue weighted by atomic mass is 16.5. The predicted molar refractivity (Wildman–Crippen MR) is 94.4 cm³/mol. The van der Waals surface area contributed by atoms with Crippen molar-refractivity contribution in [3.8, 4) is 11.4 Å². The number of anilines is 1. The van der Waals surface area contributed by atoms with E-state index in [9.17, 15) is 0 Å². The molecule has 0 radical (unpaired) electrons. The van der Waals surface area contributed by atoms with Gasteiger partial charge in [0.25, 0.3) is 0 Å². The molecule has 0 spiro atoms. The molecule has 2 aliphatic heterocycles. The number of imidazole rings is 1. The molecule has 2 aromatic rings. The summed E-state index contributed by atoms with van der Waals surface area (Å²) in [5.74, 6) is 2.36. The first-order valence-corrected chi connectivity index (χ1v) is 9.14. The second-order valence-electron chi connectivity index (χ2n) is 6.69. The zero-order chi connectivity index (χ0) is 16.9. The molecule has 7 heteroatoms. The molecule has 0 bridgehead atoms. The molecule has 7 nitrogen and oxygen atoms in total. The van der Waals surface area contributed by atoms with E-state index in [1.54, 1.807) is 0 Å². The van der Waals surface area contributed by atoms with Gasteiger partial charge in [-0.15, -0.1) is 0 Å². The third-order valence-corrected chi connectivity index (χ3v) is 4.94. The molecule has 2 fully saturated rings. The van der Waals surface area contributed by atoms with Crippen LogP contribution >= 0.6 is 0 Å². The summed E-state index contributed by atoms with van der Waals surface area (Å²) >= 11 is 0. The fourth-order valence-corrected chi connectivity index (χ4v) is 3.47. The normalized spacial score (nSPS) is 21.4. The van der Waals surface area contributed by atoms with Crippen molar-refractivity contribution in [3.63, 3.8) is 0 Å². The minimum Gasteiger partial charge on any atom is -0.381 e. The van der Waals surface area contributed by atoms with Gasteiger partial charge in [0.1, 0.15) is 5.82 Å². The quantitative estimate of drug-likeness (QED) is 0.827. The Morgan fingerprint density at radius 1 is 1.04 bits per heavy atom. The SMILES string of the molecule is c1cn(CCC2CCCOC2)c(-c2cnc(N3CCOCC3)nc2)n1. The number of hydrogen-bond acceptors (Lipinski definition) is 6. The first-order valence-electron chi connectivity index (χ1n) is 9.14. The van der Waals surface area contributed by atoms with Crippen LogP contribution in [0, 0.1) is 5.92 Å². The highest BCUT2D eigenvalue weighted by Crippen LogP contribution is 2.21. The standard InChI is InChI=1S/C18H25N5O2/c1-2-15(14-25-9-1)3-5-22-6-4-19-17(22)16-12-20-18(21-13-16)23-7-10-24-11-8-23/h4,6,12-13,15H,1-3,5,7-11,14H2. The van der Waals surface area contributed by atoms with Crippen molar-refractivity contribution in [2.75, 3.05) is 44.4 Å². The lowest BCUT2D eigenvalue weighted by atomic mass is 9.99. The van der Waals surface area contributed by atoms with Crippen LogP contribution in [0.2, 0.25) is 0 Å². The van der Waals surface area contributed by atoms with Crippen LogP contribution in [0.5, 0.6) is 0 Å². The van der Waals surface area contributed by atoms with Gasteiger partial charge >= 0.3 is 0 Å². The van der Waals surface area contributed by atoms with Crippen LogP contribution in [0.4, 0.5) is 5.95 Å². The molecule has 0 N–H and O–H groups in total. The van der Waals surface area contributed by atoms with E-state index in [-0.39, 0.29) is 0 Å². The summed E-state index contributed by atoms with van der Waals surface area (Å²) in [6.07, 6.45) is 11.2. The van der Waals surface area contributed by atoms with Gasteiger partial charge in [-0.2, -0.15) is 0 Å². The smallest absolute Gasteiger partial charge is 0.225 e. The molecule has 0 saturated carbocycles. The second-order valence-corrected chi connectivity index (χ2v) is 6.69. The maximum Gasteiger partial charge on any atom is 0.225 e. The monoisotopic (exact) mass is 343 g/mol. The molecular weight excluding hydrogens is 318 g/mol. The molecular formula is C18H25N5O2. The Labute approximate surface area is 148 Å². The average molecular weight is 343 g/mol. The van der Waals surface area contributed by atoms with Crippen LogP contribution in [0.1, 0.15) is 19.3 Å². The summed E-state index contributed by atoms with van der Waals surface area (Å²) in [5, 5.41) is 0. The first kappa shape index (κ1) is 16.5. The first-order chi connectivity index (χ1) is 12.4. The van der Waals surface area contributed by atoms with Gasteiger partial charge in [0.05, 0.1) is 18.8 Å². The van der Waals surface area contributed by atoms with Crippen molar-refractivity contribution in [3.05, 3.63) is 24.8 Å². The Hall–Kier alpha value is -1.99. The van der Waals surface area contributed by atoms with E-state index < -0.39 is 0 Å². The average Bonchev–Trinajstić information content (AvgIpc) is 3.17. The second kappa shape index (κ2) is 7.93. The van der Waals surface area contributed by atoms with Gasteiger partial charge < -0.3 is 18.9 Å². The number of aromatic nitrogens is 4. The Morgan fingerprint density at radius 2 is 1.88 bits per heavy atom. The molecule has 25 heavy (non-hydrogen) atoms. The van der Waals surface area contributed by atoms with Crippen LogP contribution < -0.4 is 4.90 Å². The van der Waals surface area contributed by atoms with Gasteiger partial charge in [-0.1, -0.05) is 0 Å². The van der Waals surface area contributed by atoms with E-state index in [0.29, 0.717) is 5.92 Å². The van der Waals surface area contributed by atoms with E-state index in [1.807, 2.05) is 24.8 Å². The lowest BCUT2D eigenvalue weighted by Crippen LogP contribution is -2.37. The summed E-state index contributed by atoms with van der Waals surface area (Å²) in [4.78, 5) is 15.7. The lowest BCUT2D eigenvalue weighted by Gasteiger charge is -2.26. The maximum absolute atomic E-state index is 5.58. The van der Waals surface area contributed by atoms with Gasteiger partial charge in [-0.05, 0) is 25.2 Å². The van der Waals surface area contributed by atoms with E-state index >= 15 is 0 Å². The molecule has 2 aromatic heterocycles. The zero-order valence-corrected chi connectivity index (χ0v) is 14.5. The Bertz CT molecular complexity index is 660. The summed E-state index contributed by atoms with van der Waals surface area (Å²) in [6, 6.07) is 0. The highest BCUT2D eigenvalue weighted by Gasteiger charge is 2.16. The largest absolute Gasteiger partial charge is 0.381 e. The Kier molecular flexibility index (Phi) is 5.22. The molecule has 4 heterocycles. The fourth-order valence-electron chi connectivity index (χ4n) is 3.47. The van der Waals surface area contributed by atoms with Crippen LogP contribution in [0.15, 0.2) is 24.8 Å². The molecule has 1 atom stereocenters. The van der Waals surface area contributed by atoms with Crippen molar-refractivity contribution in [2.45, 2.75) is 25.8 Å². The van der Waals surface area contributed by atoms with Gasteiger partial charge in [0.2, 0.25) is 5.95 Å². The number of ether oxygens (including phenoxy) is 2. The molecule has 2 aliphatic rings. The minimum atomic E-state index is 0.656. The zero-order valence-electron chi connectivity index (χ0n) is 14.5. The predicted octanol–water partition coefficient (Wildman–Crippen LogP) is 1.99. The Balaban J connectivity index is 1.42. The third kappa shape index (κ3) is 3.99. The summed E-state index contributed by atoms with van der Waals surface area (Å²) < 4.78 is 13.2. The summed E-state index contributed by atoms with van der Waals surface area (Å²) in [6.45, 7) is 5.92. The molecule has 134 valence electrons. The number of aryl methyl sites for hydroxylation is 1. The van der Waals surface area contributed by atoms with E-state index in [2.05, 4.69) is 24.4 Å². The Morgan fingerprint density at radius 3 is 2.64 bits per heavy atom. The molecule has 2 saturated heterocycles. The summed E-state index contributed by atoms with van der Waals surface area (Å²) in [5.41, 5.74) is 0.960. The van der Waals surface area contributed by atoms with Crippen molar-refractivity contribution in [2.24, 2.45) is 5.92 Å². The van der Waals surface area contributed by atoms with E-state index in [0.717, 1.165) is 69.8 Å². The van der Waals surface area contributed by atoms with Gasteiger partial charge in [-0.25, -0.2) is 15.0 Å². The lowest BCUT2D eigenvalue weighted by molar-refractivity contribution is 0.0501. The molecule has 4 rings (SSSR count). The molecule has 1 unspecified atom stereocenters. The van der Waals surface area contributed by atoms with Crippen LogP contribution in [-0.4, -0.2) is 59.0 Å². The molecule has 0 aliphatic carbocycles. The summed E-state index contributed by atoms with van der Waals surface area (Å²) in [7, 11) is 0. The van der Waals surface area contributed by atoms with Gasteiger partial charge in [-0.3, -0.25) is 0 Å². The minimum absolute atomic E-state index is 0.656. The molecule has 0 aromatic carbocycles. The highest BCUT2D eigenvalue weighted by molar-refractivity contribution is 5.54. The fraction of sp³-hybridized carbons (Fsp3) is 0.611. The van der Waals surface area contributed by atoms with Crippen molar-refractivity contribution in [1.29, 1.82) is 0 Å². The number of hydrogen-bond donors (Lipinski definition) is 0. The van der Waals surface area contributed by atoms with Crippen molar-refractivity contribution in [1.82, 2.24) is 19.5 Å². The number of rotatable bonds is 5. The number of nitrogens with zero attached hydrogens (tertiary/aromatic N) is 5. The van der Waals surface area contributed by atoms with Gasteiger partial charge in [0.15, 0.2) is 0 Å². The van der Waals surface area contributed by atoms with Crippen LogP contribution in [0.3, 0.4) is 0 Å². The van der Waals surface area contributed by atoms with Gasteiger partial charge in [0, 0.05) is 57.6 Å². The van der Waals surface area contributed by atoms with Crippen LogP contribution in [0.25, 0.3) is 11.4 Å². The third-order valence-electron chi connectivity index (χ3n) is 4.94. The van der Waals surface area contributed by atoms with Crippen molar-refractivity contribution >= 4 is 5.95 Å². The topological polar surface area (TPSA) is 65.3 Å². The van der Waals surface area contributed by atoms with E-state index in [1.165, 1.54) is 12.8 Å². The van der Waals surface area contributed by atoms with Crippen LogP contribution in [-0.2, 0) is 16.0 Å². The van der Waals surface area contributed by atoms with E-state index in [4.69, 9.17) is 9.47 Å². The van der Waals surface area contributed by atoms with Crippen molar-refractivity contribution < 1.29 is 9.47 Å². The molecule has 0 amide bonds. The number of morpholine rings is 1.